The third-order valence-corrected chi connectivity index (χ3v) is 4.97. The SMILES string of the molecule is COc1ccc(C(=O)NCc2csc(Nc3ccc(C(C)=O)cc3)n2)cc1[N+](=O)[O-]. The number of aromatic nitrogens is 1. The van der Waals surface area contributed by atoms with Crippen LogP contribution < -0.4 is 15.4 Å². The second-order valence-corrected chi connectivity index (χ2v) is 7.09. The number of benzene rings is 2. The van der Waals surface area contributed by atoms with Crippen LogP contribution in [0.5, 0.6) is 5.75 Å². The average molecular weight is 426 g/mol. The first-order chi connectivity index (χ1) is 14.4. The van der Waals surface area contributed by atoms with Gasteiger partial charge in [-0.3, -0.25) is 19.7 Å². The minimum absolute atomic E-state index is 0.00369. The quantitative estimate of drug-likeness (QED) is 0.318. The number of amides is 1. The molecule has 30 heavy (non-hydrogen) atoms. The Morgan fingerprint density at radius 1 is 1.17 bits per heavy atom. The van der Waals surface area contributed by atoms with Gasteiger partial charge in [0.05, 0.1) is 24.3 Å². The number of nitro groups is 1. The average Bonchev–Trinajstić information content (AvgIpc) is 3.19. The Kier molecular flexibility index (Phi) is 6.38. The number of Topliss-reactive ketones (excluding diaryl/α,β-unsaturated/α-hetero) is 1. The largest absolute Gasteiger partial charge is 0.490 e. The van der Waals surface area contributed by atoms with Crippen molar-refractivity contribution in [2.24, 2.45) is 0 Å². The maximum absolute atomic E-state index is 12.3. The van der Waals surface area contributed by atoms with Crippen LogP contribution in [0, 0.1) is 10.1 Å². The van der Waals surface area contributed by atoms with Crippen molar-refractivity contribution >= 4 is 39.5 Å². The van der Waals surface area contributed by atoms with Gasteiger partial charge in [-0.1, -0.05) is 0 Å². The standard InChI is InChI=1S/C20H18N4O5S/c1-12(25)13-3-6-15(7-4-13)22-20-23-16(11-30-20)10-21-19(26)14-5-8-18(29-2)17(9-14)24(27)28/h3-9,11H,10H2,1-2H3,(H,21,26)(H,22,23). The number of nitrogens with zero attached hydrogens (tertiary/aromatic N) is 2. The number of hydrogen-bond donors (Lipinski definition) is 2. The lowest BCUT2D eigenvalue weighted by Gasteiger charge is -2.06. The van der Waals surface area contributed by atoms with Gasteiger partial charge in [0, 0.05) is 28.3 Å². The Morgan fingerprint density at radius 3 is 2.50 bits per heavy atom. The summed E-state index contributed by atoms with van der Waals surface area (Å²) in [5, 5.41) is 19.4. The zero-order chi connectivity index (χ0) is 21.7. The van der Waals surface area contributed by atoms with Crippen molar-refractivity contribution in [3.63, 3.8) is 0 Å². The molecule has 0 aliphatic heterocycles. The van der Waals surface area contributed by atoms with Crippen LogP contribution in [0.3, 0.4) is 0 Å². The molecule has 1 heterocycles. The first kappa shape index (κ1) is 20.9. The fourth-order valence-electron chi connectivity index (χ4n) is 2.60. The smallest absolute Gasteiger partial charge is 0.311 e. The molecule has 0 unspecified atom stereocenters. The summed E-state index contributed by atoms with van der Waals surface area (Å²) in [7, 11) is 1.33. The highest BCUT2D eigenvalue weighted by molar-refractivity contribution is 7.13. The van der Waals surface area contributed by atoms with E-state index in [0.717, 1.165) is 5.69 Å². The number of carbonyl (C=O) groups excluding carboxylic acids is 2. The summed E-state index contributed by atoms with van der Waals surface area (Å²) in [5.41, 5.74) is 1.93. The van der Waals surface area contributed by atoms with Gasteiger partial charge in [0.2, 0.25) is 0 Å². The number of ether oxygens (including phenoxy) is 1. The summed E-state index contributed by atoms with van der Waals surface area (Å²) in [5.74, 6) is -0.373. The molecule has 0 radical (unpaired) electrons. The lowest BCUT2D eigenvalue weighted by molar-refractivity contribution is -0.385. The van der Waals surface area contributed by atoms with Crippen LogP contribution in [0.25, 0.3) is 0 Å². The van der Waals surface area contributed by atoms with E-state index < -0.39 is 10.8 Å². The second kappa shape index (κ2) is 9.14. The number of methoxy groups -OCH3 is 1. The van der Waals surface area contributed by atoms with Crippen molar-refractivity contribution in [2.75, 3.05) is 12.4 Å². The van der Waals surface area contributed by atoms with Crippen LogP contribution >= 0.6 is 11.3 Å². The number of anilines is 2. The molecule has 10 heteroatoms. The van der Waals surface area contributed by atoms with Crippen molar-refractivity contribution in [1.82, 2.24) is 10.3 Å². The topological polar surface area (TPSA) is 123 Å². The molecule has 1 aromatic heterocycles. The van der Waals surface area contributed by atoms with Gasteiger partial charge in [-0.25, -0.2) is 4.98 Å². The Morgan fingerprint density at radius 2 is 1.87 bits per heavy atom. The van der Waals surface area contributed by atoms with Gasteiger partial charge in [-0.15, -0.1) is 11.3 Å². The van der Waals surface area contributed by atoms with Gasteiger partial charge in [-0.05, 0) is 43.3 Å². The first-order valence-corrected chi connectivity index (χ1v) is 9.68. The number of nitro benzene ring substituents is 1. The van der Waals surface area contributed by atoms with Gasteiger partial charge in [0.1, 0.15) is 0 Å². The molecular formula is C20H18N4O5S. The molecule has 0 bridgehead atoms. The number of ketones is 1. The van der Waals surface area contributed by atoms with E-state index >= 15 is 0 Å². The van der Waals surface area contributed by atoms with E-state index in [-0.39, 0.29) is 29.3 Å². The molecule has 154 valence electrons. The van der Waals surface area contributed by atoms with Crippen molar-refractivity contribution in [1.29, 1.82) is 0 Å². The summed E-state index contributed by atoms with van der Waals surface area (Å²) in [4.78, 5) is 38.6. The fraction of sp³-hybridized carbons (Fsp3) is 0.150. The Balaban J connectivity index is 1.61. The molecule has 2 N–H and O–H groups in total. The van der Waals surface area contributed by atoms with Crippen molar-refractivity contribution < 1.29 is 19.2 Å². The highest BCUT2D eigenvalue weighted by Gasteiger charge is 2.18. The molecule has 0 fully saturated rings. The minimum Gasteiger partial charge on any atom is -0.490 e. The predicted octanol–water partition coefficient (Wildman–Crippen LogP) is 3.94. The Hall–Kier alpha value is -3.79. The van der Waals surface area contributed by atoms with Gasteiger partial charge < -0.3 is 15.4 Å². The zero-order valence-electron chi connectivity index (χ0n) is 16.2. The molecule has 1 amide bonds. The number of thiazole rings is 1. The van der Waals surface area contributed by atoms with Gasteiger partial charge in [0.15, 0.2) is 16.7 Å². The van der Waals surface area contributed by atoms with Crippen LogP contribution in [0.15, 0.2) is 47.8 Å². The lowest BCUT2D eigenvalue weighted by Crippen LogP contribution is -2.23. The van der Waals surface area contributed by atoms with E-state index in [1.807, 2.05) is 0 Å². The van der Waals surface area contributed by atoms with Crippen LogP contribution in [0.1, 0.15) is 33.3 Å². The van der Waals surface area contributed by atoms with E-state index in [1.165, 1.54) is 43.6 Å². The van der Waals surface area contributed by atoms with E-state index in [2.05, 4.69) is 15.6 Å². The van der Waals surface area contributed by atoms with E-state index in [1.54, 1.807) is 29.6 Å². The van der Waals surface area contributed by atoms with Crippen molar-refractivity contribution in [3.8, 4) is 5.75 Å². The molecule has 9 nitrogen and oxygen atoms in total. The fourth-order valence-corrected chi connectivity index (χ4v) is 3.33. The first-order valence-electron chi connectivity index (χ1n) is 8.80. The molecular weight excluding hydrogens is 408 g/mol. The predicted molar refractivity (Wildman–Crippen MR) is 113 cm³/mol. The maximum atomic E-state index is 12.3. The molecule has 0 saturated heterocycles. The summed E-state index contributed by atoms with van der Waals surface area (Å²) < 4.78 is 4.93. The Bertz CT molecular complexity index is 1090. The molecule has 3 aromatic rings. The second-order valence-electron chi connectivity index (χ2n) is 6.23. The lowest BCUT2D eigenvalue weighted by atomic mass is 10.1. The normalized spacial score (nSPS) is 10.3. The van der Waals surface area contributed by atoms with E-state index in [4.69, 9.17) is 4.74 Å². The monoisotopic (exact) mass is 426 g/mol. The summed E-state index contributed by atoms with van der Waals surface area (Å²) in [6, 6.07) is 11.1. The maximum Gasteiger partial charge on any atom is 0.311 e. The Labute approximate surface area is 175 Å². The van der Waals surface area contributed by atoms with Crippen molar-refractivity contribution in [3.05, 3.63) is 74.8 Å². The summed E-state index contributed by atoms with van der Waals surface area (Å²) in [6.45, 7) is 1.67. The zero-order valence-corrected chi connectivity index (χ0v) is 17.0. The van der Waals surface area contributed by atoms with Gasteiger partial charge >= 0.3 is 5.69 Å². The molecule has 0 aliphatic carbocycles. The molecule has 0 spiro atoms. The van der Waals surface area contributed by atoms with Gasteiger partial charge in [0.25, 0.3) is 5.91 Å². The van der Waals surface area contributed by atoms with Crippen LogP contribution in [0.2, 0.25) is 0 Å². The molecule has 0 saturated carbocycles. The number of hydrogen-bond acceptors (Lipinski definition) is 8. The third-order valence-electron chi connectivity index (χ3n) is 4.16. The summed E-state index contributed by atoms with van der Waals surface area (Å²) in [6.07, 6.45) is 0. The summed E-state index contributed by atoms with van der Waals surface area (Å²) >= 11 is 1.37. The van der Waals surface area contributed by atoms with Crippen LogP contribution in [-0.2, 0) is 6.54 Å². The number of carbonyl (C=O) groups is 2. The molecule has 0 aliphatic rings. The van der Waals surface area contributed by atoms with Gasteiger partial charge in [-0.2, -0.15) is 0 Å². The molecule has 3 rings (SSSR count). The minimum atomic E-state index is -0.600. The van der Waals surface area contributed by atoms with E-state index in [9.17, 15) is 19.7 Å². The van der Waals surface area contributed by atoms with Crippen LogP contribution in [-0.4, -0.2) is 28.7 Å². The van der Waals surface area contributed by atoms with Crippen molar-refractivity contribution in [2.45, 2.75) is 13.5 Å². The van der Waals surface area contributed by atoms with Crippen LogP contribution in [0.4, 0.5) is 16.5 Å². The number of rotatable bonds is 8. The highest BCUT2D eigenvalue weighted by atomic mass is 32.1. The third kappa shape index (κ3) is 4.97. The highest BCUT2D eigenvalue weighted by Crippen LogP contribution is 2.27. The molecule has 2 aromatic carbocycles. The van der Waals surface area contributed by atoms with E-state index in [0.29, 0.717) is 16.4 Å². The molecule has 0 atom stereocenters. The number of nitrogens with one attached hydrogen (secondary N) is 2.